The van der Waals surface area contributed by atoms with Crippen LogP contribution in [0.1, 0.15) is 54.2 Å². The highest BCUT2D eigenvalue weighted by Crippen LogP contribution is 2.14. The lowest BCUT2D eigenvalue weighted by Gasteiger charge is -2.10. The van der Waals surface area contributed by atoms with Crippen LogP contribution < -0.4 is 0 Å². The summed E-state index contributed by atoms with van der Waals surface area (Å²) in [5.41, 5.74) is 8.41. The van der Waals surface area contributed by atoms with E-state index in [-0.39, 0.29) is 0 Å². The smallest absolute Gasteiger partial charge is 0.0855 e. The van der Waals surface area contributed by atoms with Gasteiger partial charge in [-0.2, -0.15) is 0 Å². The second kappa shape index (κ2) is 11.5. The lowest BCUT2D eigenvalue weighted by atomic mass is 9.45. The van der Waals surface area contributed by atoms with E-state index in [1.165, 1.54) is 33.4 Å². The molecule has 0 radical (unpaired) electrons. The quantitative estimate of drug-likeness (QED) is 0.387. The second-order valence-electron chi connectivity index (χ2n) is 7.66. The first-order valence-corrected chi connectivity index (χ1v) is 10.8. The summed E-state index contributed by atoms with van der Waals surface area (Å²) in [6.07, 6.45) is 4.41. The Hall–Kier alpha value is -2.28. The van der Waals surface area contributed by atoms with Crippen LogP contribution in [-0.2, 0) is 25.5 Å². The molecular weight excluding hydrogens is 335 g/mol. The Morgan fingerprint density at radius 2 is 0.929 bits per heavy atom. The molecule has 0 aliphatic carbocycles. The zero-order valence-corrected chi connectivity index (χ0v) is 18.3. The third-order valence-electron chi connectivity index (χ3n) is 5.15. The number of rotatable bonds is 7. The van der Waals surface area contributed by atoms with Gasteiger partial charge in [0.15, 0.2) is 0 Å². The maximum absolute atomic E-state index is 2.35. The minimum atomic E-state index is 0.658. The van der Waals surface area contributed by atoms with Crippen LogP contribution >= 0.6 is 0 Å². The van der Waals surface area contributed by atoms with E-state index >= 15 is 0 Å². The Morgan fingerprint density at radius 3 is 1.36 bits per heavy atom. The van der Waals surface area contributed by atoms with Gasteiger partial charge in [0.25, 0.3) is 0 Å². The van der Waals surface area contributed by atoms with Crippen molar-refractivity contribution in [3.05, 3.63) is 106 Å². The van der Waals surface area contributed by atoms with E-state index in [0.29, 0.717) is 6.71 Å². The van der Waals surface area contributed by atoms with E-state index in [1.54, 1.807) is 0 Å². The summed E-state index contributed by atoms with van der Waals surface area (Å²) in [5.74, 6) is 0. The highest BCUT2D eigenvalue weighted by Gasteiger charge is 2.09. The molecule has 0 fully saturated rings. The van der Waals surface area contributed by atoms with Crippen molar-refractivity contribution in [2.45, 2.75) is 60.0 Å². The highest BCUT2D eigenvalue weighted by molar-refractivity contribution is 6.56. The molecule has 0 amide bonds. The van der Waals surface area contributed by atoms with Gasteiger partial charge in [0, 0.05) is 0 Å². The molecule has 0 N–H and O–H groups in total. The molecule has 3 aromatic carbocycles. The normalized spacial score (nSPS) is 10.2. The number of benzene rings is 3. The summed E-state index contributed by atoms with van der Waals surface area (Å²) >= 11 is 0. The van der Waals surface area contributed by atoms with Crippen LogP contribution in [0.5, 0.6) is 0 Å². The zero-order valence-electron chi connectivity index (χ0n) is 18.3. The van der Waals surface area contributed by atoms with Gasteiger partial charge in [-0.1, -0.05) is 117 Å². The summed E-state index contributed by atoms with van der Waals surface area (Å²) in [4.78, 5) is 0. The van der Waals surface area contributed by atoms with Crippen molar-refractivity contribution in [2.24, 2.45) is 0 Å². The molecule has 146 valence electrons. The van der Waals surface area contributed by atoms with Gasteiger partial charge in [-0.15, -0.1) is 0 Å². The molecule has 0 unspecified atom stereocenters. The molecule has 0 nitrogen and oxygen atoms in total. The molecule has 0 saturated carbocycles. The summed E-state index contributed by atoms with van der Waals surface area (Å²) in [5, 5.41) is 0. The minimum absolute atomic E-state index is 0.658. The summed E-state index contributed by atoms with van der Waals surface area (Å²) in [7, 11) is 0. The van der Waals surface area contributed by atoms with E-state index in [0.717, 1.165) is 25.5 Å². The van der Waals surface area contributed by atoms with Gasteiger partial charge in [-0.3, -0.25) is 0 Å². The summed E-state index contributed by atoms with van der Waals surface area (Å²) in [6, 6.07) is 27.2. The van der Waals surface area contributed by atoms with E-state index in [9.17, 15) is 0 Å². The Morgan fingerprint density at radius 1 is 0.571 bits per heavy atom. The predicted octanol–water partition coefficient (Wildman–Crippen LogP) is 7.16. The molecule has 3 aromatic rings. The van der Waals surface area contributed by atoms with E-state index in [1.807, 2.05) is 13.8 Å². The lowest BCUT2D eigenvalue weighted by Crippen LogP contribution is -2.16. The third kappa shape index (κ3) is 7.04. The van der Waals surface area contributed by atoms with Gasteiger partial charge in [-0.25, -0.2) is 0 Å². The van der Waals surface area contributed by atoms with Gasteiger partial charge >= 0.3 is 0 Å². The van der Waals surface area contributed by atoms with Crippen molar-refractivity contribution in [1.82, 2.24) is 0 Å². The van der Waals surface area contributed by atoms with E-state index in [4.69, 9.17) is 0 Å². The van der Waals surface area contributed by atoms with E-state index < -0.39 is 0 Å². The van der Waals surface area contributed by atoms with Gasteiger partial charge in [-0.05, 0) is 49.1 Å². The average Bonchev–Trinajstić information content (AvgIpc) is 2.73. The molecule has 0 aliphatic heterocycles. The number of hydrogen-bond donors (Lipinski definition) is 0. The maximum atomic E-state index is 2.35. The topological polar surface area (TPSA) is 0 Å². The SMILES string of the molecule is CC.CCc1ccc(Cc2ccc(CB(C)Cc3ccc(C)cc3)cc2)cc1. The Bertz CT molecular complexity index is 798. The first-order chi connectivity index (χ1) is 13.6. The van der Waals surface area contributed by atoms with Crippen LogP contribution in [0.2, 0.25) is 6.82 Å². The van der Waals surface area contributed by atoms with Gasteiger partial charge < -0.3 is 0 Å². The molecule has 0 spiro atoms. The van der Waals surface area contributed by atoms with Crippen molar-refractivity contribution in [1.29, 1.82) is 0 Å². The van der Waals surface area contributed by atoms with Crippen molar-refractivity contribution >= 4 is 6.71 Å². The van der Waals surface area contributed by atoms with Gasteiger partial charge in [0.05, 0.1) is 0 Å². The molecule has 3 rings (SSSR count). The molecule has 0 aromatic heterocycles. The lowest BCUT2D eigenvalue weighted by molar-refractivity contribution is 1.12. The maximum Gasteiger partial charge on any atom is 0.146 e. The van der Waals surface area contributed by atoms with Crippen LogP contribution in [0.3, 0.4) is 0 Å². The summed E-state index contributed by atoms with van der Waals surface area (Å²) < 4.78 is 0. The first-order valence-electron chi connectivity index (χ1n) is 10.8. The fourth-order valence-electron chi connectivity index (χ4n) is 3.52. The zero-order chi connectivity index (χ0) is 20.4. The largest absolute Gasteiger partial charge is 0.146 e. The van der Waals surface area contributed by atoms with Crippen LogP contribution in [0.15, 0.2) is 72.8 Å². The molecule has 0 atom stereocenters. The molecule has 28 heavy (non-hydrogen) atoms. The average molecular weight is 370 g/mol. The number of hydrogen-bond acceptors (Lipinski definition) is 0. The number of aryl methyl sites for hydroxylation is 2. The predicted molar refractivity (Wildman–Crippen MR) is 127 cm³/mol. The van der Waals surface area contributed by atoms with Crippen LogP contribution in [0.25, 0.3) is 0 Å². The Labute approximate surface area is 173 Å². The van der Waals surface area contributed by atoms with E-state index in [2.05, 4.69) is 93.5 Å². The minimum Gasteiger partial charge on any atom is -0.0855 e. The molecule has 0 heterocycles. The molecule has 0 bridgehead atoms. The first kappa shape index (κ1) is 22.0. The second-order valence-corrected chi connectivity index (χ2v) is 7.66. The Balaban J connectivity index is 0.00000136. The highest BCUT2D eigenvalue weighted by atomic mass is 14.0. The van der Waals surface area contributed by atoms with Crippen molar-refractivity contribution in [2.75, 3.05) is 0 Å². The van der Waals surface area contributed by atoms with Crippen LogP contribution in [0, 0.1) is 6.92 Å². The van der Waals surface area contributed by atoms with Crippen molar-refractivity contribution < 1.29 is 0 Å². The monoisotopic (exact) mass is 370 g/mol. The van der Waals surface area contributed by atoms with Gasteiger partial charge in [0.1, 0.15) is 6.71 Å². The third-order valence-corrected chi connectivity index (χ3v) is 5.15. The molecule has 0 saturated heterocycles. The standard InChI is InChI=1S/C25H29B.C2H6/c1-4-21-9-11-22(12-10-21)17-23-13-15-25(16-14-23)19-26(3)18-24-7-5-20(2)6-8-24;1-2/h5-16H,4,17-19H2,1-3H3;1-2H3. The molecular formula is C27H35B. The van der Waals surface area contributed by atoms with Gasteiger partial charge in [0.2, 0.25) is 0 Å². The fourth-order valence-corrected chi connectivity index (χ4v) is 3.52. The summed E-state index contributed by atoms with van der Waals surface area (Å²) in [6.45, 7) is 11.4. The molecule has 1 heteroatoms. The molecule has 0 aliphatic rings. The van der Waals surface area contributed by atoms with Crippen LogP contribution in [0.4, 0.5) is 0 Å². The fraction of sp³-hybridized carbons (Fsp3) is 0.333. The van der Waals surface area contributed by atoms with Crippen molar-refractivity contribution in [3.63, 3.8) is 0 Å². The Kier molecular flexibility index (Phi) is 9.08. The van der Waals surface area contributed by atoms with Crippen molar-refractivity contribution in [3.8, 4) is 0 Å². The van der Waals surface area contributed by atoms with Crippen LogP contribution in [-0.4, -0.2) is 6.71 Å².